The van der Waals surface area contributed by atoms with Crippen molar-refractivity contribution in [2.24, 2.45) is 0 Å². The van der Waals surface area contributed by atoms with Crippen LogP contribution in [0.5, 0.6) is 0 Å². The van der Waals surface area contributed by atoms with E-state index >= 15 is 0 Å². The molecule has 0 unspecified atom stereocenters. The van der Waals surface area contributed by atoms with Crippen LogP contribution in [0.2, 0.25) is 0 Å². The maximum absolute atomic E-state index is 6.39. The molecular weight excluding hydrogens is 727 g/mol. The zero-order valence-electron chi connectivity index (χ0n) is 32.7. The van der Waals surface area contributed by atoms with E-state index in [1.807, 2.05) is 12.1 Å². The van der Waals surface area contributed by atoms with E-state index in [0.29, 0.717) is 0 Å². The molecule has 0 saturated carbocycles. The highest BCUT2D eigenvalue weighted by Crippen LogP contribution is 2.44. The van der Waals surface area contributed by atoms with E-state index < -0.39 is 0 Å². The normalized spacial score (nSPS) is 11.7. The highest BCUT2D eigenvalue weighted by Gasteiger charge is 2.20. The first-order chi connectivity index (χ1) is 29.7. The van der Waals surface area contributed by atoms with Crippen LogP contribution in [0.3, 0.4) is 0 Å². The smallest absolute Gasteiger partial charge is 0.137 e. The lowest BCUT2D eigenvalue weighted by Gasteiger charge is -2.26. The van der Waals surface area contributed by atoms with Crippen LogP contribution in [0.4, 0.5) is 17.1 Å². The Balaban J connectivity index is 0.924. The quantitative estimate of drug-likeness (QED) is 0.157. The molecule has 280 valence electrons. The number of hydrogen-bond acceptors (Lipinski definition) is 2. The minimum Gasteiger partial charge on any atom is -0.456 e. The lowest BCUT2D eigenvalue weighted by Crippen LogP contribution is -2.10. The van der Waals surface area contributed by atoms with Gasteiger partial charge in [-0.1, -0.05) is 176 Å². The standard InChI is InChI=1S/C58H37NO/c1-3-11-48-42(10-1)31-36-52-49(14-7-15-51(48)52)43-21-19-38(20-22-43)39-27-32-46(33-28-39)59(55-16-8-18-57-58(55)53-13-5-6-17-56(53)60-57)47-34-29-40(30-35-47)45-26-25-44-24-23-41-9-2-4-12-50(41)54(44)37-45/h1-37H. The molecular formula is C58H37NO. The number of hydrogen-bond donors (Lipinski definition) is 0. The molecule has 0 amide bonds. The number of rotatable bonds is 6. The Labute approximate surface area is 347 Å². The Bertz CT molecular complexity index is 3580. The van der Waals surface area contributed by atoms with Gasteiger partial charge in [0.25, 0.3) is 0 Å². The Kier molecular flexibility index (Phi) is 7.89. The van der Waals surface area contributed by atoms with Gasteiger partial charge in [0, 0.05) is 16.8 Å². The van der Waals surface area contributed by atoms with Gasteiger partial charge >= 0.3 is 0 Å². The minimum atomic E-state index is 0.870. The molecule has 12 rings (SSSR count). The SMILES string of the molecule is c1ccc2c(c1)ccc1ccc(-c3ccc(N(c4ccc(-c5ccc(-c6cccc7c6ccc6ccccc67)cc5)cc4)c4cccc5oc6ccccc6c45)cc3)cc12. The molecule has 11 aromatic carbocycles. The van der Waals surface area contributed by atoms with Gasteiger partial charge < -0.3 is 9.32 Å². The fourth-order valence-electron chi connectivity index (χ4n) is 9.29. The summed E-state index contributed by atoms with van der Waals surface area (Å²) in [6, 6.07) is 81.2. The largest absolute Gasteiger partial charge is 0.456 e. The second-order valence-electron chi connectivity index (χ2n) is 15.7. The zero-order chi connectivity index (χ0) is 39.6. The van der Waals surface area contributed by atoms with E-state index in [9.17, 15) is 0 Å². The van der Waals surface area contributed by atoms with E-state index in [-0.39, 0.29) is 0 Å². The molecule has 0 N–H and O–H groups in total. The van der Waals surface area contributed by atoms with Gasteiger partial charge in [-0.2, -0.15) is 0 Å². The van der Waals surface area contributed by atoms with Crippen LogP contribution in [0.1, 0.15) is 0 Å². The maximum Gasteiger partial charge on any atom is 0.137 e. The third kappa shape index (κ3) is 5.65. The summed E-state index contributed by atoms with van der Waals surface area (Å²) in [6.07, 6.45) is 0. The molecule has 0 bridgehead atoms. The number of anilines is 3. The summed E-state index contributed by atoms with van der Waals surface area (Å²) in [5, 5.41) is 12.4. The van der Waals surface area contributed by atoms with E-state index in [4.69, 9.17) is 4.42 Å². The van der Waals surface area contributed by atoms with Crippen molar-refractivity contribution >= 4 is 82.1 Å². The summed E-state index contributed by atoms with van der Waals surface area (Å²) in [4.78, 5) is 2.36. The van der Waals surface area contributed by atoms with Gasteiger partial charge in [0.15, 0.2) is 0 Å². The van der Waals surface area contributed by atoms with Crippen LogP contribution < -0.4 is 4.90 Å². The average molecular weight is 764 g/mol. The minimum absolute atomic E-state index is 0.870. The second-order valence-corrected chi connectivity index (χ2v) is 15.7. The summed E-state index contributed by atoms with van der Waals surface area (Å²) in [6.45, 7) is 0. The Morgan fingerprint density at radius 2 is 0.767 bits per heavy atom. The van der Waals surface area contributed by atoms with Crippen molar-refractivity contribution < 1.29 is 4.42 Å². The topological polar surface area (TPSA) is 16.4 Å². The third-order valence-corrected chi connectivity index (χ3v) is 12.3. The lowest BCUT2D eigenvalue weighted by molar-refractivity contribution is 0.669. The van der Waals surface area contributed by atoms with Gasteiger partial charge in [-0.05, 0) is 125 Å². The first-order valence-electron chi connectivity index (χ1n) is 20.6. The number of nitrogens with zero attached hydrogens (tertiary/aromatic N) is 1. The summed E-state index contributed by atoms with van der Waals surface area (Å²) in [5.41, 5.74) is 12.1. The van der Waals surface area contributed by atoms with Crippen molar-refractivity contribution in [1.29, 1.82) is 0 Å². The third-order valence-electron chi connectivity index (χ3n) is 12.3. The van der Waals surface area contributed by atoms with Crippen LogP contribution in [0.15, 0.2) is 229 Å². The highest BCUT2D eigenvalue weighted by molar-refractivity contribution is 6.14. The maximum atomic E-state index is 6.39. The highest BCUT2D eigenvalue weighted by atomic mass is 16.3. The fourth-order valence-corrected chi connectivity index (χ4v) is 9.29. The molecule has 2 heteroatoms. The molecule has 0 aliphatic carbocycles. The van der Waals surface area contributed by atoms with Crippen molar-refractivity contribution in [2.45, 2.75) is 0 Å². The Morgan fingerprint density at radius 1 is 0.283 bits per heavy atom. The molecule has 0 atom stereocenters. The molecule has 1 heterocycles. The van der Waals surface area contributed by atoms with Crippen LogP contribution in [0, 0.1) is 0 Å². The van der Waals surface area contributed by atoms with Gasteiger partial charge in [0.1, 0.15) is 11.2 Å². The Hall–Kier alpha value is -7.94. The first-order valence-corrected chi connectivity index (χ1v) is 20.6. The van der Waals surface area contributed by atoms with E-state index in [1.54, 1.807) is 0 Å². The van der Waals surface area contributed by atoms with Gasteiger partial charge in [-0.25, -0.2) is 0 Å². The summed E-state index contributed by atoms with van der Waals surface area (Å²) >= 11 is 0. The molecule has 0 spiro atoms. The van der Waals surface area contributed by atoms with Gasteiger partial charge in [-0.3, -0.25) is 0 Å². The molecule has 60 heavy (non-hydrogen) atoms. The van der Waals surface area contributed by atoms with Crippen molar-refractivity contribution in [3.8, 4) is 33.4 Å². The van der Waals surface area contributed by atoms with Gasteiger partial charge in [0.05, 0.1) is 11.1 Å². The van der Waals surface area contributed by atoms with Crippen LogP contribution >= 0.6 is 0 Å². The summed E-state index contributed by atoms with van der Waals surface area (Å²) in [5.74, 6) is 0. The number of benzene rings is 11. The summed E-state index contributed by atoms with van der Waals surface area (Å²) < 4.78 is 6.39. The average Bonchev–Trinajstić information content (AvgIpc) is 3.71. The molecule has 0 saturated heterocycles. The van der Waals surface area contributed by atoms with Crippen LogP contribution in [0.25, 0.3) is 98.4 Å². The zero-order valence-corrected chi connectivity index (χ0v) is 32.7. The molecule has 0 fully saturated rings. The van der Waals surface area contributed by atoms with E-state index in [0.717, 1.165) is 39.0 Å². The second kappa shape index (κ2) is 13.9. The number of furan rings is 1. The van der Waals surface area contributed by atoms with Gasteiger partial charge in [-0.15, -0.1) is 0 Å². The van der Waals surface area contributed by atoms with E-state index in [2.05, 4.69) is 217 Å². The van der Waals surface area contributed by atoms with E-state index in [1.165, 1.54) is 76.5 Å². The predicted octanol–water partition coefficient (Wildman–Crippen LogP) is 16.7. The molecule has 12 aromatic rings. The van der Waals surface area contributed by atoms with Gasteiger partial charge in [0.2, 0.25) is 0 Å². The van der Waals surface area contributed by atoms with Crippen molar-refractivity contribution in [2.75, 3.05) is 4.90 Å². The van der Waals surface area contributed by atoms with Crippen molar-refractivity contribution in [1.82, 2.24) is 0 Å². The molecule has 0 aliphatic rings. The summed E-state index contributed by atoms with van der Waals surface area (Å²) in [7, 11) is 0. The van der Waals surface area contributed by atoms with Crippen LogP contribution in [-0.4, -0.2) is 0 Å². The Morgan fingerprint density at radius 3 is 1.48 bits per heavy atom. The number of para-hydroxylation sites is 1. The monoisotopic (exact) mass is 763 g/mol. The fraction of sp³-hybridized carbons (Fsp3) is 0. The lowest BCUT2D eigenvalue weighted by atomic mass is 9.93. The molecule has 0 aliphatic heterocycles. The molecule has 0 radical (unpaired) electrons. The van der Waals surface area contributed by atoms with Crippen molar-refractivity contribution in [3.63, 3.8) is 0 Å². The number of fused-ring (bicyclic) bond motifs is 9. The van der Waals surface area contributed by atoms with Crippen molar-refractivity contribution in [3.05, 3.63) is 224 Å². The molecule has 1 aromatic heterocycles. The molecule has 2 nitrogen and oxygen atoms in total. The van der Waals surface area contributed by atoms with Crippen LogP contribution in [-0.2, 0) is 0 Å². The first kappa shape index (κ1) is 34.1. The predicted molar refractivity (Wildman–Crippen MR) is 255 cm³/mol.